The van der Waals surface area contributed by atoms with E-state index >= 15 is 0 Å². The van der Waals surface area contributed by atoms with Gasteiger partial charge in [-0.1, -0.05) is 19.9 Å². The number of aliphatic carboxylic acids is 1. The molecule has 114 valence electrons. The van der Waals surface area contributed by atoms with E-state index in [1.807, 2.05) is 11.8 Å². The predicted molar refractivity (Wildman–Crippen MR) is 86.4 cm³/mol. The Balaban J connectivity index is 2.15. The maximum atomic E-state index is 14.3. The molecule has 1 aliphatic rings. The lowest BCUT2D eigenvalue weighted by molar-refractivity contribution is -0.131. The maximum Gasteiger partial charge on any atom is 0.328 e. The van der Waals surface area contributed by atoms with Crippen molar-refractivity contribution in [3.8, 4) is 0 Å². The second kappa shape index (κ2) is 6.52. The van der Waals surface area contributed by atoms with Gasteiger partial charge in [0.05, 0.1) is 5.69 Å². The van der Waals surface area contributed by atoms with Crippen LogP contribution in [0.15, 0.2) is 24.3 Å². The number of carboxylic acids is 1. The first kappa shape index (κ1) is 15.9. The molecule has 1 N–H and O–H groups in total. The first-order chi connectivity index (χ1) is 9.87. The van der Waals surface area contributed by atoms with Crippen molar-refractivity contribution in [2.75, 3.05) is 23.7 Å². The van der Waals surface area contributed by atoms with Crippen LogP contribution in [0.4, 0.5) is 10.1 Å². The number of thioether (sulfide) groups is 1. The highest BCUT2D eigenvalue weighted by Gasteiger charge is 2.24. The molecule has 1 saturated heterocycles. The van der Waals surface area contributed by atoms with Crippen LogP contribution in [0.3, 0.4) is 0 Å². The average Bonchev–Trinajstić information content (AvgIpc) is 2.58. The van der Waals surface area contributed by atoms with Crippen molar-refractivity contribution >= 4 is 29.5 Å². The van der Waals surface area contributed by atoms with E-state index in [-0.39, 0.29) is 10.6 Å². The van der Waals surface area contributed by atoms with Crippen molar-refractivity contribution in [2.45, 2.75) is 25.0 Å². The zero-order chi connectivity index (χ0) is 15.5. The van der Waals surface area contributed by atoms with Crippen LogP contribution in [0.25, 0.3) is 6.08 Å². The minimum atomic E-state index is -1.04. The molecule has 2 rings (SSSR count). The lowest BCUT2D eigenvalue weighted by Crippen LogP contribution is -2.27. The van der Waals surface area contributed by atoms with Gasteiger partial charge in [-0.05, 0) is 30.2 Å². The molecule has 0 unspecified atom stereocenters. The number of hydrogen-bond donors (Lipinski definition) is 1. The molecule has 3 nitrogen and oxygen atoms in total. The summed E-state index contributed by atoms with van der Waals surface area (Å²) in [6.45, 7) is 6.10. The molecule has 0 spiro atoms. The minimum Gasteiger partial charge on any atom is -0.478 e. The Kier molecular flexibility index (Phi) is 4.93. The van der Waals surface area contributed by atoms with Gasteiger partial charge in [0.1, 0.15) is 5.82 Å². The number of anilines is 1. The lowest BCUT2D eigenvalue weighted by Gasteiger charge is -2.24. The summed E-state index contributed by atoms with van der Waals surface area (Å²) in [5.74, 6) is -0.355. The smallest absolute Gasteiger partial charge is 0.328 e. The lowest BCUT2D eigenvalue weighted by atomic mass is 10.1. The van der Waals surface area contributed by atoms with Gasteiger partial charge < -0.3 is 10.0 Å². The molecule has 1 fully saturated rings. The summed E-state index contributed by atoms with van der Waals surface area (Å²) in [6.07, 6.45) is 3.42. The molecule has 0 saturated carbocycles. The Bertz CT molecular complexity index is 557. The van der Waals surface area contributed by atoms with Crippen LogP contribution in [0.1, 0.15) is 25.8 Å². The van der Waals surface area contributed by atoms with E-state index in [1.165, 1.54) is 12.1 Å². The number of nitrogens with zero attached hydrogens (tertiary/aromatic N) is 1. The second-order valence-electron chi connectivity index (χ2n) is 5.73. The molecule has 1 heterocycles. The minimum absolute atomic E-state index is 0.232. The standard InChI is InChI=1S/C16H20FNO2S/c1-16(2)7-8-18(9-10-21-16)14-5-3-12(11-13(14)17)4-6-15(19)20/h3-6,11H,7-10H2,1-2H3,(H,19,20)/b6-4+. The molecule has 21 heavy (non-hydrogen) atoms. The summed E-state index contributed by atoms with van der Waals surface area (Å²) in [5, 5.41) is 8.59. The summed E-state index contributed by atoms with van der Waals surface area (Å²) in [5.41, 5.74) is 1.16. The number of hydrogen-bond acceptors (Lipinski definition) is 3. The molecule has 0 aliphatic carbocycles. The SMILES string of the molecule is CC1(C)CCN(c2ccc(/C=C/C(=O)O)cc2F)CCS1. The summed E-state index contributed by atoms with van der Waals surface area (Å²) in [7, 11) is 0. The molecule has 0 bridgehead atoms. The van der Waals surface area contributed by atoms with Gasteiger partial charge in [0.15, 0.2) is 0 Å². The first-order valence-electron chi connectivity index (χ1n) is 6.97. The summed E-state index contributed by atoms with van der Waals surface area (Å²) < 4.78 is 14.5. The largest absolute Gasteiger partial charge is 0.478 e. The number of carboxylic acid groups (broad SMARTS) is 1. The van der Waals surface area contributed by atoms with Crippen molar-refractivity contribution in [3.05, 3.63) is 35.7 Å². The van der Waals surface area contributed by atoms with Gasteiger partial charge in [-0.25, -0.2) is 9.18 Å². The van der Waals surface area contributed by atoms with Crippen molar-refractivity contribution in [3.63, 3.8) is 0 Å². The van der Waals surface area contributed by atoms with Crippen LogP contribution >= 0.6 is 11.8 Å². The quantitative estimate of drug-likeness (QED) is 0.865. The Morgan fingerprint density at radius 2 is 2.19 bits per heavy atom. The zero-order valence-corrected chi connectivity index (χ0v) is 13.1. The number of carbonyl (C=O) groups is 1. The van der Waals surface area contributed by atoms with E-state index in [0.29, 0.717) is 11.3 Å². The fourth-order valence-electron chi connectivity index (χ4n) is 2.31. The number of benzene rings is 1. The van der Waals surface area contributed by atoms with Crippen LogP contribution in [0.5, 0.6) is 0 Å². The normalized spacial score (nSPS) is 18.7. The van der Waals surface area contributed by atoms with E-state index < -0.39 is 5.97 Å². The number of rotatable bonds is 3. The van der Waals surface area contributed by atoms with Crippen molar-refractivity contribution in [1.82, 2.24) is 0 Å². The molecular weight excluding hydrogens is 289 g/mol. The van der Waals surface area contributed by atoms with Gasteiger partial charge in [-0.15, -0.1) is 0 Å². The van der Waals surface area contributed by atoms with E-state index in [0.717, 1.165) is 31.3 Å². The first-order valence-corrected chi connectivity index (χ1v) is 7.95. The van der Waals surface area contributed by atoms with E-state index in [2.05, 4.69) is 18.7 Å². The van der Waals surface area contributed by atoms with E-state index in [1.54, 1.807) is 12.1 Å². The van der Waals surface area contributed by atoms with Crippen LogP contribution in [-0.2, 0) is 4.79 Å². The second-order valence-corrected chi connectivity index (χ2v) is 7.53. The third-order valence-electron chi connectivity index (χ3n) is 3.57. The summed E-state index contributed by atoms with van der Waals surface area (Å²) in [6, 6.07) is 4.87. The molecule has 0 aromatic heterocycles. The van der Waals surface area contributed by atoms with Gasteiger partial charge in [-0.2, -0.15) is 11.8 Å². The zero-order valence-electron chi connectivity index (χ0n) is 12.3. The third kappa shape index (κ3) is 4.49. The number of halogens is 1. The van der Waals surface area contributed by atoms with Crippen molar-refractivity contribution < 1.29 is 14.3 Å². The van der Waals surface area contributed by atoms with Crippen molar-refractivity contribution in [2.24, 2.45) is 0 Å². The molecule has 1 aromatic rings. The van der Waals surface area contributed by atoms with Gasteiger partial charge in [0.25, 0.3) is 0 Å². The molecule has 1 aromatic carbocycles. The highest BCUT2D eigenvalue weighted by molar-refractivity contribution is 8.00. The molecule has 5 heteroatoms. The Labute approximate surface area is 128 Å². The van der Waals surface area contributed by atoms with Gasteiger partial charge >= 0.3 is 5.97 Å². The summed E-state index contributed by atoms with van der Waals surface area (Å²) in [4.78, 5) is 12.6. The average molecular weight is 309 g/mol. The molecule has 1 aliphatic heterocycles. The topological polar surface area (TPSA) is 40.5 Å². The van der Waals surface area contributed by atoms with Crippen LogP contribution in [0.2, 0.25) is 0 Å². The van der Waals surface area contributed by atoms with Gasteiger partial charge in [0, 0.05) is 29.7 Å². The van der Waals surface area contributed by atoms with E-state index in [9.17, 15) is 9.18 Å². The highest BCUT2D eigenvalue weighted by atomic mass is 32.2. The van der Waals surface area contributed by atoms with Gasteiger partial charge in [-0.3, -0.25) is 0 Å². The third-order valence-corrected chi connectivity index (χ3v) is 4.94. The van der Waals surface area contributed by atoms with E-state index in [4.69, 9.17) is 5.11 Å². The molecule has 0 atom stereocenters. The van der Waals surface area contributed by atoms with Crippen molar-refractivity contribution in [1.29, 1.82) is 0 Å². The Hall–Kier alpha value is -1.49. The fraction of sp³-hybridized carbons (Fsp3) is 0.438. The Morgan fingerprint density at radius 3 is 2.86 bits per heavy atom. The monoisotopic (exact) mass is 309 g/mol. The maximum absolute atomic E-state index is 14.3. The highest BCUT2D eigenvalue weighted by Crippen LogP contribution is 2.33. The predicted octanol–water partition coefficient (Wildman–Crippen LogP) is 3.65. The molecular formula is C16H20FNO2S. The summed E-state index contributed by atoms with van der Waals surface area (Å²) >= 11 is 1.92. The van der Waals surface area contributed by atoms with Crippen LogP contribution < -0.4 is 4.90 Å². The Morgan fingerprint density at radius 1 is 1.43 bits per heavy atom. The van der Waals surface area contributed by atoms with Gasteiger partial charge in [0.2, 0.25) is 0 Å². The van der Waals surface area contributed by atoms with Crippen LogP contribution in [-0.4, -0.2) is 34.7 Å². The molecule has 0 radical (unpaired) electrons. The molecule has 0 amide bonds. The van der Waals surface area contributed by atoms with Crippen LogP contribution in [0, 0.1) is 5.82 Å². The fourth-order valence-corrected chi connectivity index (χ4v) is 3.41.